The van der Waals surface area contributed by atoms with Crippen molar-refractivity contribution in [2.24, 2.45) is 0 Å². The van der Waals surface area contributed by atoms with Crippen LogP contribution < -0.4 is 5.32 Å². The Kier molecular flexibility index (Phi) is 6.57. The van der Waals surface area contributed by atoms with Crippen LogP contribution in [-0.2, 0) is 4.74 Å². The molecule has 1 saturated heterocycles. The fourth-order valence-electron chi connectivity index (χ4n) is 4.83. The Morgan fingerprint density at radius 1 is 1.11 bits per heavy atom. The van der Waals surface area contributed by atoms with Crippen LogP contribution in [0.4, 0.5) is 0 Å². The third-order valence-corrected chi connectivity index (χ3v) is 6.29. The second-order valence-corrected chi connectivity index (χ2v) is 9.25. The number of piperazine rings is 1. The second kappa shape index (κ2) is 9.93. The lowest BCUT2D eigenvalue weighted by Crippen LogP contribution is -2.54. The number of benzene rings is 1. The summed E-state index contributed by atoms with van der Waals surface area (Å²) in [6, 6.07) is 14.3. The number of imidazole rings is 1. The minimum Gasteiger partial charge on any atom is -0.461 e. The van der Waals surface area contributed by atoms with E-state index in [-0.39, 0.29) is 5.97 Å². The molecule has 0 bridgehead atoms. The van der Waals surface area contributed by atoms with Crippen LogP contribution >= 0.6 is 0 Å². The highest BCUT2D eigenvalue weighted by Crippen LogP contribution is 2.31. The Labute approximate surface area is 204 Å². The van der Waals surface area contributed by atoms with Crippen LogP contribution in [0.5, 0.6) is 0 Å². The van der Waals surface area contributed by atoms with E-state index in [1.165, 1.54) is 0 Å². The molecule has 1 aliphatic heterocycles. The Morgan fingerprint density at radius 2 is 1.94 bits per heavy atom. The molecule has 180 valence electrons. The van der Waals surface area contributed by atoms with Crippen LogP contribution in [0.3, 0.4) is 0 Å². The normalized spacial score (nSPS) is 18.6. The molecular weight excluding hydrogens is 440 g/mol. The van der Waals surface area contributed by atoms with E-state index in [9.17, 15) is 4.79 Å². The van der Waals surface area contributed by atoms with E-state index in [4.69, 9.17) is 4.74 Å². The first kappa shape index (κ1) is 23.1. The third kappa shape index (κ3) is 5.08. The Morgan fingerprint density at radius 3 is 2.74 bits per heavy atom. The van der Waals surface area contributed by atoms with Gasteiger partial charge in [0.1, 0.15) is 6.61 Å². The van der Waals surface area contributed by atoms with Gasteiger partial charge in [-0.2, -0.15) is 0 Å². The maximum Gasteiger partial charge on any atom is 0.338 e. The summed E-state index contributed by atoms with van der Waals surface area (Å²) in [5.41, 5.74) is 5.47. The van der Waals surface area contributed by atoms with Crippen molar-refractivity contribution in [3.63, 3.8) is 0 Å². The number of pyridine rings is 2. The van der Waals surface area contributed by atoms with E-state index in [1.54, 1.807) is 18.6 Å². The molecule has 1 fully saturated rings. The second-order valence-electron chi connectivity index (χ2n) is 9.25. The summed E-state index contributed by atoms with van der Waals surface area (Å²) in [7, 11) is 0. The average Bonchev–Trinajstić information content (AvgIpc) is 3.33. The first-order chi connectivity index (χ1) is 17.0. The molecule has 1 aliphatic rings. The number of carbonyl (C=O) groups excluding carboxylic acids is 1. The fraction of sp³-hybridized carbons (Fsp3) is 0.333. The van der Waals surface area contributed by atoms with Crippen molar-refractivity contribution in [2.75, 3.05) is 26.2 Å². The van der Waals surface area contributed by atoms with Crippen LogP contribution in [-0.4, -0.2) is 69.1 Å². The SMILES string of the molecule is Cc1cccc(-c2[nH]cnc2-c2ccc3nccc(C(=O)OCCN4CC(C)NC(C)C4)c3c2)n1. The minimum atomic E-state index is -0.339. The number of hydrogen-bond acceptors (Lipinski definition) is 7. The number of fused-ring (bicyclic) bond motifs is 1. The van der Waals surface area contributed by atoms with E-state index in [1.807, 2.05) is 43.3 Å². The molecule has 2 unspecified atom stereocenters. The Bertz CT molecular complexity index is 1340. The zero-order valence-corrected chi connectivity index (χ0v) is 20.3. The lowest BCUT2D eigenvalue weighted by atomic mass is 10.0. The number of rotatable bonds is 6. The first-order valence-electron chi connectivity index (χ1n) is 12.0. The number of carbonyl (C=O) groups is 1. The van der Waals surface area contributed by atoms with E-state index >= 15 is 0 Å². The van der Waals surface area contributed by atoms with Gasteiger partial charge in [0.2, 0.25) is 0 Å². The summed E-state index contributed by atoms with van der Waals surface area (Å²) in [6.07, 6.45) is 3.31. The molecule has 0 amide bonds. The van der Waals surface area contributed by atoms with Gasteiger partial charge in [0, 0.05) is 54.6 Å². The van der Waals surface area contributed by atoms with Gasteiger partial charge in [0.05, 0.1) is 34.5 Å². The number of aryl methyl sites for hydroxylation is 1. The van der Waals surface area contributed by atoms with E-state index in [0.29, 0.717) is 24.3 Å². The molecule has 0 spiro atoms. The third-order valence-electron chi connectivity index (χ3n) is 6.29. The molecule has 0 aliphatic carbocycles. The van der Waals surface area contributed by atoms with Crippen molar-refractivity contribution < 1.29 is 9.53 Å². The summed E-state index contributed by atoms with van der Waals surface area (Å²) >= 11 is 0. The predicted molar refractivity (Wildman–Crippen MR) is 136 cm³/mol. The highest BCUT2D eigenvalue weighted by molar-refractivity contribution is 6.04. The van der Waals surface area contributed by atoms with Crippen LogP contribution in [0, 0.1) is 6.92 Å². The van der Waals surface area contributed by atoms with Crippen molar-refractivity contribution in [2.45, 2.75) is 32.9 Å². The number of aromatic nitrogens is 4. The number of nitrogens with zero attached hydrogens (tertiary/aromatic N) is 4. The van der Waals surface area contributed by atoms with E-state index in [2.05, 4.69) is 44.0 Å². The molecule has 35 heavy (non-hydrogen) atoms. The van der Waals surface area contributed by atoms with Crippen molar-refractivity contribution in [1.82, 2.24) is 30.2 Å². The summed E-state index contributed by atoms with van der Waals surface area (Å²) < 4.78 is 5.69. The summed E-state index contributed by atoms with van der Waals surface area (Å²) in [5, 5.41) is 4.26. The lowest BCUT2D eigenvalue weighted by Gasteiger charge is -2.35. The largest absolute Gasteiger partial charge is 0.461 e. The molecule has 4 heterocycles. The lowest BCUT2D eigenvalue weighted by molar-refractivity contribution is 0.0438. The zero-order valence-electron chi connectivity index (χ0n) is 20.3. The zero-order chi connectivity index (χ0) is 24.4. The number of aromatic amines is 1. The molecule has 8 heteroatoms. The molecule has 5 rings (SSSR count). The summed E-state index contributed by atoms with van der Waals surface area (Å²) in [5.74, 6) is -0.339. The Hall–Kier alpha value is -3.62. The van der Waals surface area contributed by atoms with Crippen LogP contribution in [0.1, 0.15) is 29.9 Å². The van der Waals surface area contributed by atoms with Gasteiger partial charge in [-0.25, -0.2) is 9.78 Å². The van der Waals surface area contributed by atoms with E-state index < -0.39 is 0 Å². The molecule has 0 saturated carbocycles. The maximum absolute atomic E-state index is 13.0. The van der Waals surface area contributed by atoms with Crippen molar-refractivity contribution in [3.8, 4) is 22.6 Å². The van der Waals surface area contributed by atoms with E-state index in [0.717, 1.165) is 58.9 Å². The van der Waals surface area contributed by atoms with Gasteiger partial charge in [-0.1, -0.05) is 12.1 Å². The summed E-state index contributed by atoms with van der Waals surface area (Å²) in [6.45, 7) is 9.28. The standard InChI is InChI=1S/C27H30N6O2/c1-17-5-4-6-24(32-17)26-25(29-16-30-26)20-7-8-23-22(13-20)21(9-10-28-23)27(34)35-12-11-33-14-18(2)31-19(3)15-33/h4-10,13,16,18-19,31H,11-12,14-15H2,1-3H3,(H,29,30). The summed E-state index contributed by atoms with van der Waals surface area (Å²) in [4.78, 5) is 32.2. The van der Waals surface area contributed by atoms with Gasteiger partial charge in [-0.3, -0.25) is 14.9 Å². The molecule has 2 atom stereocenters. The molecule has 0 radical (unpaired) electrons. The molecule has 8 nitrogen and oxygen atoms in total. The molecule has 2 N–H and O–H groups in total. The fourth-order valence-corrected chi connectivity index (χ4v) is 4.83. The smallest absolute Gasteiger partial charge is 0.338 e. The van der Waals surface area contributed by atoms with Gasteiger partial charge < -0.3 is 15.0 Å². The van der Waals surface area contributed by atoms with Gasteiger partial charge in [0.25, 0.3) is 0 Å². The minimum absolute atomic E-state index is 0.339. The monoisotopic (exact) mass is 470 g/mol. The van der Waals surface area contributed by atoms with Gasteiger partial charge in [-0.05, 0) is 51.1 Å². The number of ether oxygens (including phenoxy) is 1. The molecule has 4 aromatic rings. The highest BCUT2D eigenvalue weighted by Gasteiger charge is 2.21. The van der Waals surface area contributed by atoms with Gasteiger partial charge in [0.15, 0.2) is 0 Å². The van der Waals surface area contributed by atoms with Crippen LogP contribution in [0.25, 0.3) is 33.5 Å². The maximum atomic E-state index is 13.0. The predicted octanol–water partition coefficient (Wildman–Crippen LogP) is 3.83. The number of nitrogens with one attached hydrogen (secondary N) is 2. The van der Waals surface area contributed by atoms with Gasteiger partial charge >= 0.3 is 5.97 Å². The number of hydrogen-bond donors (Lipinski definition) is 2. The topological polar surface area (TPSA) is 96.0 Å². The quantitative estimate of drug-likeness (QED) is 0.414. The molecule has 1 aromatic carbocycles. The number of H-pyrrole nitrogens is 1. The van der Waals surface area contributed by atoms with Crippen molar-refractivity contribution >= 4 is 16.9 Å². The van der Waals surface area contributed by atoms with Crippen LogP contribution in [0.15, 0.2) is 55.0 Å². The highest BCUT2D eigenvalue weighted by atomic mass is 16.5. The Balaban J connectivity index is 1.38. The number of esters is 1. The average molecular weight is 471 g/mol. The van der Waals surface area contributed by atoms with Crippen LogP contribution in [0.2, 0.25) is 0 Å². The van der Waals surface area contributed by atoms with Gasteiger partial charge in [-0.15, -0.1) is 0 Å². The molecular formula is C27H30N6O2. The van der Waals surface area contributed by atoms with Crippen molar-refractivity contribution in [3.05, 3.63) is 66.2 Å². The molecule has 3 aromatic heterocycles. The van der Waals surface area contributed by atoms with Crippen molar-refractivity contribution in [1.29, 1.82) is 0 Å². The first-order valence-corrected chi connectivity index (χ1v) is 12.0.